The molecule has 6 aliphatic carbocycles. The summed E-state index contributed by atoms with van der Waals surface area (Å²) in [5.74, 6) is 5.23. The van der Waals surface area contributed by atoms with E-state index < -0.39 is 0 Å². The first kappa shape index (κ1) is 13.4. The van der Waals surface area contributed by atoms with Crippen molar-refractivity contribution in [1.29, 1.82) is 0 Å². The van der Waals surface area contributed by atoms with Gasteiger partial charge in [-0.3, -0.25) is 0 Å². The van der Waals surface area contributed by atoms with Gasteiger partial charge in [-0.25, -0.2) is 0 Å². The smallest absolute Gasteiger partial charge is 0.0116 e. The van der Waals surface area contributed by atoms with E-state index in [1.807, 2.05) is 0 Å². The Morgan fingerprint density at radius 3 is 1.65 bits per heavy atom. The SMILES string of the molecule is C=C1C2CCC(C2)C1(C)C.CC1(C)C2CC3C(C2)C31C. The quantitative estimate of drug-likeness (QED) is 0.497. The highest BCUT2D eigenvalue weighted by atomic mass is 14.8. The molecule has 4 atom stereocenters. The number of hydrogen-bond acceptors (Lipinski definition) is 0. The van der Waals surface area contributed by atoms with Crippen molar-refractivity contribution in [3.63, 3.8) is 0 Å². The molecule has 6 bridgehead atoms. The van der Waals surface area contributed by atoms with Crippen molar-refractivity contribution in [2.45, 2.75) is 66.7 Å². The molecule has 0 aromatic rings. The topological polar surface area (TPSA) is 0 Å². The van der Waals surface area contributed by atoms with E-state index in [1.165, 1.54) is 24.8 Å². The molecule has 6 aliphatic rings. The van der Waals surface area contributed by atoms with Gasteiger partial charge in [0.25, 0.3) is 0 Å². The average molecular weight is 272 g/mol. The highest BCUT2D eigenvalue weighted by Crippen LogP contribution is 2.85. The molecule has 0 radical (unpaired) electrons. The van der Waals surface area contributed by atoms with Gasteiger partial charge in [-0.15, -0.1) is 0 Å². The van der Waals surface area contributed by atoms with Gasteiger partial charge in [-0.1, -0.05) is 46.8 Å². The summed E-state index contributed by atoms with van der Waals surface area (Å²) in [6.45, 7) is 16.4. The first-order valence-electron chi connectivity index (χ1n) is 8.90. The summed E-state index contributed by atoms with van der Waals surface area (Å²) >= 11 is 0. The van der Waals surface area contributed by atoms with Crippen molar-refractivity contribution in [1.82, 2.24) is 0 Å². The molecule has 6 fully saturated rings. The van der Waals surface area contributed by atoms with Gasteiger partial charge in [-0.05, 0) is 77.9 Å². The summed E-state index contributed by atoms with van der Waals surface area (Å²) in [7, 11) is 0. The van der Waals surface area contributed by atoms with Crippen LogP contribution in [0.25, 0.3) is 0 Å². The van der Waals surface area contributed by atoms with Gasteiger partial charge in [0.05, 0.1) is 0 Å². The number of rotatable bonds is 0. The summed E-state index contributed by atoms with van der Waals surface area (Å²) in [6, 6.07) is 0. The molecule has 0 saturated heterocycles. The first-order valence-corrected chi connectivity index (χ1v) is 8.90. The van der Waals surface area contributed by atoms with Gasteiger partial charge in [0, 0.05) is 0 Å². The fraction of sp³-hybridized carbons (Fsp3) is 0.900. The Kier molecular flexibility index (Phi) is 2.38. The normalized spacial score (nSPS) is 54.9. The molecular weight excluding hydrogens is 240 g/mol. The number of allylic oxidation sites excluding steroid dienone is 1. The molecule has 0 spiro atoms. The molecular formula is C20H32. The summed E-state index contributed by atoms with van der Waals surface area (Å²) in [5.41, 5.74) is 3.49. The van der Waals surface area contributed by atoms with Crippen LogP contribution in [0.4, 0.5) is 0 Å². The van der Waals surface area contributed by atoms with E-state index >= 15 is 0 Å². The molecule has 6 saturated carbocycles. The Morgan fingerprint density at radius 1 is 0.850 bits per heavy atom. The minimum absolute atomic E-state index is 0.475. The largest absolute Gasteiger partial charge is 0.0990 e. The van der Waals surface area contributed by atoms with Gasteiger partial charge in [0.2, 0.25) is 0 Å². The second-order valence-corrected chi connectivity index (χ2v) is 9.84. The van der Waals surface area contributed by atoms with Crippen LogP contribution in [-0.4, -0.2) is 0 Å². The monoisotopic (exact) mass is 272 g/mol. The highest BCUT2D eigenvalue weighted by Gasteiger charge is 2.79. The zero-order valence-electron chi connectivity index (χ0n) is 14.1. The van der Waals surface area contributed by atoms with E-state index in [1.54, 1.807) is 12.8 Å². The van der Waals surface area contributed by atoms with Gasteiger partial charge in [0.1, 0.15) is 0 Å². The summed E-state index contributed by atoms with van der Waals surface area (Å²) in [5, 5.41) is 0. The molecule has 0 aromatic heterocycles. The maximum atomic E-state index is 4.19. The van der Waals surface area contributed by atoms with Crippen LogP contribution in [0.3, 0.4) is 0 Å². The third-order valence-electron chi connectivity index (χ3n) is 9.18. The Hall–Kier alpha value is -0.260. The number of hydrogen-bond donors (Lipinski definition) is 0. The van der Waals surface area contributed by atoms with Crippen LogP contribution in [-0.2, 0) is 0 Å². The second kappa shape index (κ2) is 3.55. The lowest BCUT2D eigenvalue weighted by Crippen LogP contribution is -2.22. The molecule has 20 heavy (non-hydrogen) atoms. The molecule has 0 nitrogen and oxygen atoms in total. The fourth-order valence-electron chi connectivity index (χ4n) is 6.95. The third-order valence-corrected chi connectivity index (χ3v) is 9.18. The van der Waals surface area contributed by atoms with E-state index in [0.717, 1.165) is 35.0 Å². The van der Waals surface area contributed by atoms with Crippen LogP contribution in [0, 0.1) is 45.8 Å². The fourth-order valence-corrected chi connectivity index (χ4v) is 6.95. The zero-order valence-corrected chi connectivity index (χ0v) is 14.1. The molecule has 0 heterocycles. The zero-order chi connectivity index (χ0) is 14.5. The molecule has 6 rings (SSSR count). The van der Waals surface area contributed by atoms with E-state index in [4.69, 9.17) is 0 Å². The predicted molar refractivity (Wildman–Crippen MR) is 85.3 cm³/mol. The molecule has 112 valence electrons. The predicted octanol–water partition coefficient (Wildman–Crippen LogP) is 5.69. The average Bonchev–Trinajstić information content (AvgIpc) is 2.94. The maximum absolute atomic E-state index is 4.19. The van der Waals surface area contributed by atoms with Crippen molar-refractivity contribution in [3.05, 3.63) is 12.2 Å². The Balaban J connectivity index is 0.000000106. The number of fused-ring (bicyclic) bond motifs is 2. The molecule has 0 amide bonds. The summed E-state index contributed by atoms with van der Waals surface area (Å²) in [6.07, 6.45) is 7.44. The summed E-state index contributed by atoms with van der Waals surface area (Å²) in [4.78, 5) is 0. The van der Waals surface area contributed by atoms with Crippen molar-refractivity contribution in [2.75, 3.05) is 0 Å². The molecule has 4 unspecified atom stereocenters. The first-order chi connectivity index (χ1) is 9.20. The van der Waals surface area contributed by atoms with Crippen molar-refractivity contribution in [2.24, 2.45) is 45.8 Å². The molecule has 0 aliphatic heterocycles. The maximum Gasteiger partial charge on any atom is -0.0116 e. The van der Waals surface area contributed by atoms with Crippen LogP contribution in [0.1, 0.15) is 66.7 Å². The van der Waals surface area contributed by atoms with E-state index in [-0.39, 0.29) is 0 Å². The highest BCUT2D eigenvalue weighted by molar-refractivity contribution is 5.27. The van der Waals surface area contributed by atoms with E-state index in [0.29, 0.717) is 10.8 Å². The lowest BCUT2D eigenvalue weighted by molar-refractivity contribution is 0.200. The minimum Gasteiger partial charge on any atom is -0.0990 e. The van der Waals surface area contributed by atoms with Gasteiger partial charge in [0.15, 0.2) is 0 Å². The van der Waals surface area contributed by atoms with Gasteiger partial charge >= 0.3 is 0 Å². The van der Waals surface area contributed by atoms with Gasteiger partial charge < -0.3 is 0 Å². The minimum atomic E-state index is 0.475. The van der Waals surface area contributed by atoms with E-state index in [2.05, 4.69) is 41.2 Å². The Morgan fingerprint density at radius 2 is 1.45 bits per heavy atom. The van der Waals surface area contributed by atoms with Gasteiger partial charge in [-0.2, -0.15) is 0 Å². The van der Waals surface area contributed by atoms with Crippen molar-refractivity contribution in [3.8, 4) is 0 Å². The van der Waals surface area contributed by atoms with Crippen molar-refractivity contribution < 1.29 is 0 Å². The third kappa shape index (κ3) is 1.30. The lowest BCUT2D eigenvalue weighted by atomic mass is 9.73. The Bertz CT molecular complexity index is 452. The Labute approximate surface area is 125 Å². The second-order valence-electron chi connectivity index (χ2n) is 9.84. The lowest BCUT2D eigenvalue weighted by Gasteiger charge is -2.31. The van der Waals surface area contributed by atoms with Crippen LogP contribution in [0.5, 0.6) is 0 Å². The molecule has 0 aromatic carbocycles. The molecule has 0 heteroatoms. The van der Waals surface area contributed by atoms with Crippen LogP contribution in [0.2, 0.25) is 0 Å². The van der Waals surface area contributed by atoms with Crippen LogP contribution < -0.4 is 0 Å². The van der Waals surface area contributed by atoms with E-state index in [9.17, 15) is 0 Å². The molecule has 0 N–H and O–H groups in total. The van der Waals surface area contributed by atoms with Crippen molar-refractivity contribution >= 4 is 0 Å². The van der Waals surface area contributed by atoms with Crippen LogP contribution >= 0.6 is 0 Å². The standard InChI is InChI=1S/2C10H16/c1-9(2)6-4-7-8(5-6)10(7,9)3;1-7-8-4-5-9(6-8)10(7,2)3/h6-8H,4-5H2,1-3H3;8-9H,1,4-6H2,2-3H3. The summed E-state index contributed by atoms with van der Waals surface area (Å²) < 4.78 is 0. The van der Waals surface area contributed by atoms with Crippen LogP contribution in [0.15, 0.2) is 12.2 Å².